The number of ether oxygens (including phenoxy) is 2. The number of fused-ring (bicyclic) bond motifs is 1. The molecule has 4 rings (SSSR count). The van der Waals surface area contributed by atoms with Crippen LogP contribution in [0.3, 0.4) is 0 Å². The van der Waals surface area contributed by atoms with E-state index in [-0.39, 0.29) is 5.56 Å². The third-order valence-electron chi connectivity index (χ3n) is 4.96. The van der Waals surface area contributed by atoms with Gasteiger partial charge in [0.25, 0.3) is 5.56 Å². The lowest BCUT2D eigenvalue weighted by molar-refractivity contribution is 0.354. The van der Waals surface area contributed by atoms with Crippen molar-refractivity contribution in [3.63, 3.8) is 0 Å². The molecule has 11 heteroatoms. The molecule has 0 unspecified atom stereocenters. The van der Waals surface area contributed by atoms with Crippen molar-refractivity contribution in [3.8, 4) is 11.5 Å². The number of hydrogen-bond acceptors (Lipinski definition) is 10. The van der Waals surface area contributed by atoms with Gasteiger partial charge in [-0.25, -0.2) is 4.98 Å². The highest BCUT2D eigenvalue weighted by atomic mass is 32.2. The molecule has 168 valence electrons. The van der Waals surface area contributed by atoms with Crippen molar-refractivity contribution in [2.75, 3.05) is 26.1 Å². The van der Waals surface area contributed by atoms with Gasteiger partial charge in [-0.1, -0.05) is 29.2 Å². The normalized spacial score (nSPS) is 11.1. The monoisotopic (exact) mass is 489 g/mol. The van der Waals surface area contributed by atoms with Crippen LogP contribution in [-0.2, 0) is 12.2 Å². The van der Waals surface area contributed by atoms with Gasteiger partial charge < -0.3 is 19.8 Å². The van der Waals surface area contributed by atoms with E-state index in [1.807, 2.05) is 32.0 Å². The number of thioether (sulfide) groups is 1. The van der Waals surface area contributed by atoms with Crippen molar-refractivity contribution in [1.29, 1.82) is 0 Å². The Balaban J connectivity index is 1.32. The lowest BCUT2D eigenvalue weighted by atomic mass is 10.1. The van der Waals surface area contributed by atoms with E-state index in [9.17, 15) is 4.79 Å². The van der Waals surface area contributed by atoms with Crippen molar-refractivity contribution in [1.82, 2.24) is 20.2 Å². The Morgan fingerprint density at radius 2 is 1.94 bits per heavy atom. The molecular weight excluding hydrogens is 466 g/mol. The third-order valence-corrected chi connectivity index (χ3v) is 8.09. The zero-order chi connectivity index (χ0) is 22.7. The molecule has 4 aromatic rings. The first kappa shape index (κ1) is 22.6. The van der Waals surface area contributed by atoms with E-state index >= 15 is 0 Å². The maximum atomic E-state index is 12.4. The van der Waals surface area contributed by atoms with Crippen LogP contribution in [0.1, 0.15) is 21.8 Å². The van der Waals surface area contributed by atoms with E-state index in [1.54, 1.807) is 25.6 Å². The molecule has 0 aliphatic rings. The molecule has 1 aromatic carbocycles. The fraction of sp³-hybridized carbons (Fsp3) is 0.333. The first-order valence-corrected chi connectivity index (χ1v) is 12.5. The molecule has 0 radical (unpaired) electrons. The molecule has 3 aromatic heterocycles. The van der Waals surface area contributed by atoms with Crippen LogP contribution >= 0.6 is 34.4 Å². The van der Waals surface area contributed by atoms with Crippen LogP contribution in [0.15, 0.2) is 27.3 Å². The maximum absolute atomic E-state index is 12.4. The van der Waals surface area contributed by atoms with Crippen LogP contribution in [-0.4, -0.2) is 40.9 Å². The fourth-order valence-electron chi connectivity index (χ4n) is 3.19. The molecule has 0 saturated heterocycles. The maximum Gasteiger partial charge on any atom is 0.259 e. The number of benzene rings is 1. The Bertz CT molecular complexity index is 1300. The summed E-state index contributed by atoms with van der Waals surface area (Å²) in [5.41, 5.74) is 2.06. The van der Waals surface area contributed by atoms with Gasteiger partial charge in [-0.2, -0.15) is 0 Å². The number of rotatable bonds is 9. The number of hydrogen-bond donors (Lipinski definition) is 2. The minimum Gasteiger partial charge on any atom is -0.493 e. The van der Waals surface area contributed by atoms with Crippen molar-refractivity contribution >= 4 is 49.8 Å². The van der Waals surface area contributed by atoms with E-state index in [0.717, 1.165) is 49.0 Å². The molecule has 2 N–H and O–H groups in total. The smallest absolute Gasteiger partial charge is 0.259 e. The van der Waals surface area contributed by atoms with E-state index < -0.39 is 0 Å². The summed E-state index contributed by atoms with van der Waals surface area (Å²) >= 11 is 4.54. The van der Waals surface area contributed by atoms with Gasteiger partial charge in [-0.15, -0.1) is 21.5 Å². The van der Waals surface area contributed by atoms with Crippen LogP contribution in [0.4, 0.5) is 5.13 Å². The van der Waals surface area contributed by atoms with Gasteiger partial charge in [0.2, 0.25) is 5.13 Å². The minimum atomic E-state index is -0.0813. The molecule has 0 aliphatic carbocycles. The number of aryl methyl sites for hydroxylation is 2. The van der Waals surface area contributed by atoms with Crippen molar-refractivity contribution in [3.05, 3.63) is 50.4 Å². The second-order valence-corrected chi connectivity index (χ2v) is 10.4. The SMILES string of the molecule is COc1ccc(CCNc2nnc(SCc3nc4sc(C)c(C)c4c(=O)[nH]3)s2)cc1OC. The predicted octanol–water partition coefficient (Wildman–Crippen LogP) is 4.42. The molecule has 0 fully saturated rings. The lowest BCUT2D eigenvalue weighted by Crippen LogP contribution is -2.10. The molecule has 0 amide bonds. The Hall–Kier alpha value is -2.63. The summed E-state index contributed by atoms with van der Waals surface area (Å²) in [7, 11) is 3.26. The van der Waals surface area contributed by atoms with Crippen LogP contribution in [0.25, 0.3) is 10.2 Å². The van der Waals surface area contributed by atoms with Gasteiger partial charge in [0.05, 0.1) is 25.4 Å². The first-order chi connectivity index (χ1) is 15.5. The molecule has 0 spiro atoms. The van der Waals surface area contributed by atoms with Gasteiger partial charge in [0, 0.05) is 11.4 Å². The number of H-pyrrole nitrogens is 1. The van der Waals surface area contributed by atoms with Gasteiger partial charge in [-0.05, 0) is 43.5 Å². The molecule has 0 saturated carbocycles. The zero-order valence-electron chi connectivity index (χ0n) is 18.1. The quantitative estimate of drug-likeness (QED) is 0.333. The van der Waals surface area contributed by atoms with Crippen molar-refractivity contribution < 1.29 is 9.47 Å². The van der Waals surface area contributed by atoms with Crippen LogP contribution in [0.5, 0.6) is 11.5 Å². The summed E-state index contributed by atoms with van der Waals surface area (Å²) < 4.78 is 11.4. The van der Waals surface area contributed by atoms with Gasteiger partial charge in [0.15, 0.2) is 15.8 Å². The lowest BCUT2D eigenvalue weighted by Gasteiger charge is -2.09. The van der Waals surface area contributed by atoms with E-state index in [0.29, 0.717) is 22.7 Å². The number of nitrogens with one attached hydrogen (secondary N) is 2. The summed E-state index contributed by atoms with van der Waals surface area (Å²) in [5.74, 6) is 2.61. The minimum absolute atomic E-state index is 0.0813. The Kier molecular flexibility index (Phi) is 6.97. The highest BCUT2D eigenvalue weighted by Gasteiger charge is 2.13. The van der Waals surface area contributed by atoms with Crippen molar-refractivity contribution in [2.45, 2.75) is 30.4 Å². The number of methoxy groups -OCH3 is 2. The van der Waals surface area contributed by atoms with E-state index in [2.05, 4.69) is 25.5 Å². The summed E-state index contributed by atoms with van der Waals surface area (Å²) in [6.07, 6.45) is 0.813. The summed E-state index contributed by atoms with van der Waals surface area (Å²) in [6.45, 7) is 4.69. The van der Waals surface area contributed by atoms with E-state index in [4.69, 9.17) is 9.47 Å². The molecule has 8 nitrogen and oxygen atoms in total. The number of aromatic amines is 1. The Morgan fingerprint density at radius 1 is 1.12 bits per heavy atom. The van der Waals surface area contributed by atoms with Gasteiger partial charge in [0.1, 0.15) is 10.7 Å². The zero-order valence-corrected chi connectivity index (χ0v) is 20.6. The fourth-order valence-corrected chi connectivity index (χ4v) is 5.88. The summed E-state index contributed by atoms with van der Waals surface area (Å²) in [4.78, 5) is 21.8. The largest absolute Gasteiger partial charge is 0.493 e. The molecular formula is C21H23N5O3S3. The van der Waals surface area contributed by atoms with Gasteiger partial charge in [-0.3, -0.25) is 4.79 Å². The Morgan fingerprint density at radius 3 is 2.72 bits per heavy atom. The topological polar surface area (TPSA) is 102 Å². The number of aromatic nitrogens is 4. The Labute approximate surface area is 197 Å². The third kappa shape index (κ3) is 4.89. The number of anilines is 1. The number of thiophene rings is 1. The van der Waals surface area contributed by atoms with Crippen LogP contribution < -0.4 is 20.3 Å². The van der Waals surface area contributed by atoms with Gasteiger partial charge >= 0.3 is 0 Å². The van der Waals surface area contributed by atoms with Crippen LogP contribution in [0.2, 0.25) is 0 Å². The first-order valence-electron chi connectivity index (χ1n) is 9.88. The molecule has 0 bridgehead atoms. The second-order valence-electron chi connectivity index (χ2n) is 7.00. The predicted molar refractivity (Wildman–Crippen MR) is 131 cm³/mol. The average Bonchev–Trinajstić information content (AvgIpc) is 3.36. The highest BCUT2D eigenvalue weighted by molar-refractivity contribution is 8.00. The van der Waals surface area contributed by atoms with E-state index in [1.165, 1.54) is 23.1 Å². The summed E-state index contributed by atoms with van der Waals surface area (Å²) in [6, 6.07) is 5.90. The highest BCUT2D eigenvalue weighted by Crippen LogP contribution is 2.30. The molecule has 32 heavy (non-hydrogen) atoms. The average molecular weight is 490 g/mol. The summed E-state index contributed by atoms with van der Waals surface area (Å²) in [5, 5.41) is 13.2. The van der Waals surface area contributed by atoms with Crippen LogP contribution in [0, 0.1) is 13.8 Å². The second kappa shape index (κ2) is 9.88. The van der Waals surface area contributed by atoms with Crippen molar-refractivity contribution in [2.24, 2.45) is 0 Å². The number of nitrogens with zero attached hydrogens (tertiary/aromatic N) is 3. The molecule has 3 heterocycles. The molecule has 0 aliphatic heterocycles. The standard InChI is InChI=1S/C21H23N5O3S3/c1-11-12(2)31-19-17(11)18(27)23-16(24-19)10-30-21-26-25-20(32-21)22-8-7-13-5-6-14(28-3)15(9-13)29-4/h5-6,9H,7-8,10H2,1-4H3,(H,22,25)(H,23,24,27). The molecule has 0 atom stereocenters.